The second-order valence-corrected chi connectivity index (χ2v) is 8.87. The summed E-state index contributed by atoms with van der Waals surface area (Å²) in [6.07, 6.45) is 11.3. The largest absolute Gasteiger partial charge is 0.439 e. The van der Waals surface area contributed by atoms with Crippen LogP contribution in [0.15, 0.2) is 35.1 Å². The Morgan fingerprint density at radius 1 is 1.10 bits per heavy atom. The Kier molecular flexibility index (Phi) is 5.42. The number of oxazole rings is 1. The van der Waals surface area contributed by atoms with Crippen LogP contribution in [0.3, 0.4) is 0 Å². The molecule has 0 radical (unpaired) electrons. The highest BCUT2D eigenvalue weighted by molar-refractivity contribution is 5.86. The highest BCUT2D eigenvalue weighted by atomic mass is 19.1. The zero-order valence-electron chi connectivity index (χ0n) is 17.8. The van der Waals surface area contributed by atoms with Gasteiger partial charge in [-0.3, -0.25) is 19.2 Å². The Balaban J connectivity index is 1.31. The summed E-state index contributed by atoms with van der Waals surface area (Å²) in [5.41, 5.74) is 1.48. The van der Waals surface area contributed by atoms with Gasteiger partial charge < -0.3 is 9.32 Å². The van der Waals surface area contributed by atoms with Gasteiger partial charge in [0, 0.05) is 36.8 Å². The lowest BCUT2D eigenvalue weighted by atomic mass is 9.87. The Bertz CT molecular complexity index is 1080. The third-order valence-electron chi connectivity index (χ3n) is 6.73. The van der Waals surface area contributed by atoms with E-state index in [0.29, 0.717) is 48.2 Å². The first kappa shape index (κ1) is 20.1. The number of nitrogens with zero attached hydrogens (tertiary/aromatic N) is 4. The molecule has 5 heterocycles. The molecule has 0 spiro atoms. The number of rotatable bonds is 6. The SMILES string of the molecule is Cc1ncc(-c2cc3cc(CC(=O)N4[C@@H]5CC[C@H]4CC(CCCF)C5)ncc3cn2)o1. The zero-order valence-corrected chi connectivity index (χ0v) is 17.8. The van der Waals surface area contributed by atoms with E-state index in [4.69, 9.17) is 4.42 Å². The molecule has 2 saturated heterocycles. The average molecular weight is 423 g/mol. The Morgan fingerprint density at radius 2 is 1.87 bits per heavy atom. The van der Waals surface area contributed by atoms with E-state index in [-0.39, 0.29) is 12.6 Å². The number of hydrogen-bond acceptors (Lipinski definition) is 5. The van der Waals surface area contributed by atoms with Crippen LogP contribution in [0.4, 0.5) is 4.39 Å². The third-order valence-corrected chi connectivity index (χ3v) is 6.73. The molecule has 2 fully saturated rings. The molecule has 0 aromatic carbocycles. The molecule has 2 aliphatic heterocycles. The van der Waals surface area contributed by atoms with E-state index in [0.717, 1.165) is 48.6 Å². The van der Waals surface area contributed by atoms with Gasteiger partial charge in [0.15, 0.2) is 11.7 Å². The minimum atomic E-state index is -0.241. The highest BCUT2D eigenvalue weighted by Crippen LogP contribution is 2.40. The van der Waals surface area contributed by atoms with Gasteiger partial charge >= 0.3 is 0 Å². The standard InChI is InChI=1S/C24H27FN4O2/c1-15-26-14-23(31-15)22-10-17-9-19(27-12-18(17)13-28-22)11-24(30)29-20-4-5-21(29)8-16(7-20)3-2-6-25/h9-10,12-14,16,20-21H,2-8,11H2,1H3/t16?,20-,21+. The molecule has 3 aromatic rings. The number of amides is 1. The molecular weight excluding hydrogens is 395 g/mol. The van der Waals surface area contributed by atoms with Crippen LogP contribution < -0.4 is 0 Å². The summed E-state index contributed by atoms with van der Waals surface area (Å²) in [5, 5.41) is 1.90. The molecule has 3 aromatic heterocycles. The summed E-state index contributed by atoms with van der Waals surface area (Å²) in [6, 6.07) is 4.53. The summed E-state index contributed by atoms with van der Waals surface area (Å²) >= 11 is 0. The van der Waals surface area contributed by atoms with E-state index in [1.54, 1.807) is 25.5 Å². The lowest BCUT2D eigenvalue weighted by molar-refractivity contribution is -0.135. The molecule has 6 nitrogen and oxygen atoms in total. The fourth-order valence-electron chi connectivity index (χ4n) is 5.34. The summed E-state index contributed by atoms with van der Waals surface area (Å²) in [6.45, 7) is 1.56. The number of aryl methyl sites for hydroxylation is 1. The molecule has 7 heteroatoms. The van der Waals surface area contributed by atoms with Crippen molar-refractivity contribution in [3.05, 3.63) is 42.3 Å². The molecule has 162 valence electrons. The molecule has 2 aliphatic rings. The lowest BCUT2D eigenvalue weighted by Crippen LogP contribution is -2.47. The molecule has 0 saturated carbocycles. The van der Waals surface area contributed by atoms with Gasteiger partial charge in [0.25, 0.3) is 0 Å². The van der Waals surface area contributed by atoms with E-state index in [9.17, 15) is 9.18 Å². The number of piperidine rings is 1. The predicted octanol–water partition coefficient (Wildman–Crippen LogP) is 4.66. The summed E-state index contributed by atoms with van der Waals surface area (Å²) in [5.74, 6) is 1.94. The predicted molar refractivity (Wildman–Crippen MR) is 115 cm³/mol. The maximum Gasteiger partial charge on any atom is 0.229 e. The quantitative estimate of drug-likeness (QED) is 0.578. The van der Waals surface area contributed by atoms with Crippen LogP contribution >= 0.6 is 0 Å². The van der Waals surface area contributed by atoms with Gasteiger partial charge in [-0.2, -0.15) is 0 Å². The lowest BCUT2D eigenvalue weighted by Gasteiger charge is -2.39. The molecule has 0 aliphatic carbocycles. The van der Waals surface area contributed by atoms with Crippen molar-refractivity contribution < 1.29 is 13.6 Å². The number of carbonyl (C=O) groups excluding carboxylic acids is 1. The van der Waals surface area contributed by atoms with Crippen molar-refractivity contribution in [3.8, 4) is 11.5 Å². The van der Waals surface area contributed by atoms with Crippen LogP contribution in [0.5, 0.6) is 0 Å². The van der Waals surface area contributed by atoms with E-state index in [1.165, 1.54) is 0 Å². The average Bonchev–Trinajstić information content (AvgIpc) is 3.32. The van der Waals surface area contributed by atoms with Gasteiger partial charge in [0.05, 0.1) is 25.0 Å². The highest BCUT2D eigenvalue weighted by Gasteiger charge is 2.42. The van der Waals surface area contributed by atoms with Gasteiger partial charge in [-0.25, -0.2) is 4.98 Å². The number of carbonyl (C=O) groups is 1. The minimum absolute atomic E-state index is 0.156. The van der Waals surface area contributed by atoms with Crippen molar-refractivity contribution >= 4 is 16.7 Å². The monoisotopic (exact) mass is 422 g/mol. The second kappa shape index (κ2) is 8.36. The van der Waals surface area contributed by atoms with E-state index >= 15 is 0 Å². The number of pyridine rings is 2. The fourth-order valence-corrected chi connectivity index (χ4v) is 5.34. The number of hydrogen-bond donors (Lipinski definition) is 0. The number of alkyl halides is 1. The fraction of sp³-hybridized carbons (Fsp3) is 0.500. The van der Waals surface area contributed by atoms with Gasteiger partial charge in [-0.05, 0) is 62.0 Å². The molecule has 5 rings (SSSR count). The molecule has 0 N–H and O–H groups in total. The summed E-state index contributed by atoms with van der Waals surface area (Å²) in [7, 11) is 0. The van der Waals surface area contributed by atoms with E-state index in [2.05, 4.69) is 19.9 Å². The van der Waals surface area contributed by atoms with Crippen molar-refractivity contribution in [3.63, 3.8) is 0 Å². The summed E-state index contributed by atoms with van der Waals surface area (Å²) in [4.78, 5) is 28.4. The van der Waals surface area contributed by atoms with Crippen molar-refractivity contribution in [2.24, 2.45) is 5.92 Å². The molecule has 1 amide bonds. The zero-order chi connectivity index (χ0) is 21.4. The first-order valence-electron chi connectivity index (χ1n) is 11.2. The Hall–Kier alpha value is -2.83. The normalized spacial score (nSPS) is 22.9. The number of halogens is 1. The van der Waals surface area contributed by atoms with Crippen molar-refractivity contribution in [1.82, 2.24) is 19.9 Å². The molecule has 3 atom stereocenters. The van der Waals surface area contributed by atoms with Crippen molar-refractivity contribution in [2.75, 3.05) is 6.67 Å². The molecular formula is C24H27FN4O2. The Morgan fingerprint density at radius 3 is 2.58 bits per heavy atom. The molecule has 2 bridgehead atoms. The van der Waals surface area contributed by atoms with Crippen LogP contribution in [0, 0.1) is 12.8 Å². The van der Waals surface area contributed by atoms with Gasteiger partial charge in [0.1, 0.15) is 5.69 Å². The van der Waals surface area contributed by atoms with Crippen molar-refractivity contribution in [1.29, 1.82) is 0 Å². The van der Waals surface area contributed by atoms with E-state index < -0.39 is 0 Å². The Labute approximate surface area is 180 Å². The van der Waals surface area contributed by atoms with Gasteiger partial charge in [0.2, 0.25) is 5.91 Å². The molecule has 31 heavy (non-hydrogen) atoms. The van der Waals surface area contributed by atoms with Gasteiger partial charge in [-0.15, -0.1) is 0 Å². The first-order chi connectivity index (χ1) is 15.1. The van der Waals surface area contributed by atoms with Crippen LogP contribution in [0.2, 0.25) is 0 Å². The van der Waals surface area contributed by atoms with Crippen molar-refractivity contribution in [2.45, 2.75) is 64.0 Å². The second-order valence-electron chi connectivity index (χ2n) is 8.87. The maximum atomic E-state index is 13.2. The number of fused-ring (bicyclic) bond motifs is 3. The minimum Gasteiger partial charge on any atom is -0.439 e. The summed E-state index contributed by atoms with van der Waals surface area (Å²) < 4.78 is 18.1. The smallest absolute Gasteiger partial charge is 0.229 e. The molecule has 1 unspecified atom stereocenters. The number of aromatic nitrogens is 3. The van der Waals surface area contributed by atoms with Crippen LogP contribution in [-0.4, -0.2) is 44.5 Å². The van der Waals surface area contributed by atoms with Crippen LogP contribution in [-0.2, 0) is 11.2 Å². The maximum absolute atomic E-state index is 13.2. The first-order valence-corrected chi connectivity index (χ1v) is 11.2. The third kappa shape index (κ3) is 4.05. The van der Waals surface area contributed by atoms with E-state index in [1.807, 2.05) is 12.1 Å². The topological polar surface area (TPSA) is 72.1 Å². The van der Waals surface area contributed by atoms with Gasteiger partial charge in [-0.1, -0.05) is 0 Å². The van der Waals surface area contributed by atoms with Crippen LogP contribution in [0.1, 0.15) is 50.1 Å². The van der Waals surface area contributed by atoms with Crippen LogP contribution in [0.25, 0.3) is 22.2 Å².